The highest BCUT2D eigenvalue weighted by atomic mass is 32.1. The molecule has 1 aromatic heterocycles. The van der Waals surface area contributed by atoms with Gasteiger partial charge >= 0.3 is 5.97 Å². The highest BCUT2D eigenvalue weighted by Gasteiger charge is 2.36. The number of thiophene rings is 1. The molecular weight excluding hydrogens is 312 g/mol. The number of allylic oxidation sites excluding steroid dienone is 1. The largest absolute Gasteiger partial charge is 0.465 e. The van der Waals surface area contributed by atoms with Gasteiger partial charge < -0.3 is 15.2 Å². The van der Waals surface area contributed by atoms with Crippen molar-refractivity contribution in [3.63, 3.8) is 0 Å². The van der Waals surface area contributed by atoms with Crippen LogP contribution in [0.25, 0.3) is 0 Å². The van der Waals surface area contributed by atoms with Gasteiger partial charge in [-0.1, -0.05) is 30.3 Å². The number of carbonyl (C=O) groups excluding carboxylic acids is 1. The molecule has 1 aliphatic rings. The lowest BCUT2D eigenvalue weighted by atomic mass is 9.88. The van der Waals surface area contributed by atoms with Gasteiger partial charge in [0, 0.05) is 4.88 Å². The Bertz CT molecular complexity index is 847. The summed E-state index contributed by atoms with van der Waals surface area (Å²) >= 11 is 1.42. The van der Waals surface area contributed by atoms with E-state index >= 15 is 0 Å². The van der Waals surface area contributed by atoms with E-state index in [0.29, 0.717) is 16.9 Å². The summed E-state index contributed by atoms with van der Waals surface area (Å²) in [7, 11) is 1.32. The first kappa shape index (κ1) is 15.1. The summed E-state index contributed by atoms with van der Waals surface area (Å²) in [5, 5.41) is 9.50. The van der Waals surface area contributed by atoms with Crippen molar-refractivity contribution < 1.29 is 14.3 Å². The van der Waals surface area contributed by atoms with Gasteiger partial charge in [-0.15, -0.1) is 11.3 Å². The van der Waals surface area contributed by atoms with E-state index < -0.39 is 5.97 Å². The van der Waals surface area contributed by atoms with Crippen molar-refractivity contribution in [2.45, 2.75) is 12.8 Å². The molecule has 1 unspecified atom stereocenters. The lowest BCUT2D eigenvalue weighted by Gasteiger charge is -2.24. The Labute approximate surface area is 137 Å². The van der Waals surface area contributed by atoms with Gasteiger partial charge in [-0.3, -0.25) is 0 Å². The van der Waals surface area contributed by atoms with Crippen LogP contribution in [0.15, 0.2) is 41.8 Å². The summed E-state index contributed by atoms with van der Waals surface area (Å²) in [6.07, 6.45) is 0. The molecule has 1 aliphatic heterocycles. The molecule has 5 nitrogen and oxygen atoms in total. The minimum atomic E-state index is -0.472. The van der Waals surface area contributed by atoms with E-state index in [9.17, 15) is 10.1 Å². The number of nitrogens with zero attached hydrogens (tertiary/aromatic N) is 1. The Hall–Kier alpha value is -2.78. The second-order valence-corrected chi connectivity index (χ2v) is 6.31. The molecule has 0 bridgehead atoms. The third kappa shape index (κ3) is 2.35. The van der Waals surface area contributed by atoms with E-state index in [1.54, 1.807) is 0 Å². The van der Waals surface area contributed by atoms with Crippen molar-refractivity contribution in [1.82, 2.24) is 0 Å². The molecule has 0 radical (unpaired) electrons. The van der Waals surface area contributed by atoms with Crippen molar-refractivity contribution in [1.29, 1.82) is 5.26 Å². The van der Waals surface area contributed by atoms with Crippen LogP contribution < -0.4 is 10.5 Å². The normalized spacial score (nSPS) is 16.3. The predicted octanol–water partition coefficient (Wildman–Crippen LogP) is 3.06. The van der Waals surface area contributed by atoms with E-state index in [4.69, 9.17) is 15.2 Å². The third-order valence-electron chi connectivity index (χ3n) is 3.74. The van der Waals surface area contributed by atoms with Crippen LogP contribution >= 0.6 is 11.3 Å². The van der Waals surface area contributed by atoms with E-state index in [1.807, 2.05) is 37.3 Å². The van der Waals surface area contributed by atoms with E-state index in [-0.39, 0.29) is 11.8 Å². The fourth-order valence-corrected chi connectivity index (χ4v) is 3.91. The number of methoxy groups -OCH3 is 1. The van der Waals surface area contributed by atoms with Gasteiger partial charge in [-0.05, 0) is 12.5 Å². The van der Waals surface area contributed by atoms with E-state index in [1.165, 1.54) is 18.4 Å². The average molecular weight is 326 g/mol. The number of hydrogen-bond donors (Lipinski definition) is 1. The fraction of sp³-hybridized carbons (Fsp3) is 0.176. The summed E-state index contributed by atoms with van der Waals surface area (Å²) in [5.41, 5.74) is 7.58. The lowest BCUT2D eigenvalue weighted by Crippen LogP contribution is -2.21. The first-order chi connectivity index (χ1) is 11.1. The van der Waals surface area contributed by atoms with Crippen LogP contribution in [0.5, 0.6) is 5.75 Å². The minimum Gasteiger partial charge on any atom is -0.465 e. The Morgan fingerprint density at radius 3 is 2.70 bits per heavy atom. The first-order valence-electron chi connectivity index (χ1n) is 6.92. The molecule has 1 atom stereocenters. The summed E-state index contributed by atoms with van der Waals surface area (Å²) < 4.78 is 10.4. The predicted molar refractivity (Wildman–Crippen MR) is 86.1 cm³/mol. The summed E-state index contributed by atoms with van der Waals surface area (Å²) in [6, 6.07) is 11.7. The summed E-state index contributed by atoms with van der Waals surface area (Å²) in [4.78, 5) is 13.6. The minimum absolute atomic E-state index is 0.0248. The molecule has 0 fully saturated rings. The van der Waals surface area contributed by atoms with Gasteiger partial charge in [-0.2, -0.15) is 5.26 Å². The van der Waals surface area contributed by atoms with Gasteiger partial charge in [0.1, 0.15) is 17.2 Å². The van der Waals surface area contributed by atoms with Gasteiger partial charge in [-0.25, -0.2) is 4.79 Å². The number of nitriles is 1. The number of esters is 1. The van der Waals surface area contributed by atoms with Crippen molar-refractivity contribution in [3.8, 4) is 11.8 Å². The zero-order valence-corrected chi connectivity index (χ0v) is 13.4. The number of hydrogen-bond acceptors (Lipinski definition) is 6. The van der Waals surface area contributed by atoms with Crippen molar-refractivity contribution >= 4 is 17.3 Å². The molecule has 6 heteroatoms. The molecule has 0 spiro atoms. The van der Waals surface area contributed by atoms with Crippen molar-refractivity contribution in [3.05, 3.63) is 62.7 Å². The van der Waals surface area contributed by atoms with Crippen LogP contribution in [-0.4, -0.2) is 13.1 Å². The molecule has 2 aromatic rings. The third-order valence-corrected chi connectivity index (χ3v) is 4.89. The molecular formula is C17H14N2O3S. The van der Waals surface area contributed by atoms with Gasteiger partial charge in [0.05, 0.1) is 17.9 Å². The zero-order chi connectivity index (χ0) is 16.6. The molecule has 1 aromatic carbocycles. The number of aryl methyl sites for hydroxylation is 1. The van der Waals surface area contributed by atoms with Crippen molar-refractivity contribution in [2.75, 3.05) is 7.11 Å². The lowest BCUT2D eigenvalue weighted by molar-refractivity contribution is 0.0597. The number of nitrogens with two attached hydrogens (primary N) is 1. The van der Waals surface area contributed by atoms with Crippen LogP contribution in [0, 0.1) is 18.3 Å². The number of ether oxygens (including phenoxy) is 2. The smallest absolute Gasteiger partial charge is 0.342 e. The van der Waals surface area contributed by atoms with Gasteiger partial charge in [0.25, 0.3) is 0 Å². The second kappa shape index (κ2) is 5.78. The van der Waals surface area contributed by atoms with Crippen LogP contribution in [0.2, 0.25) is 0 Å². The second-order valence-electron chi connectivity index (χ2n) is 5.05. The molecule has 0 saturated heterocycles. The molecule has 3 rings (SSSR count). The summed E-state index contributed by atoms with van der Waals surface area (Å²) in [5.74, 6) is -0.395. The molecule has 23 heavy (non-hydrogen) atoms. The van der Waals surface area contributed by atoms with Gasteiger partial charge in [0.15, 0.2) is 5.75 Å². The van der Waals surface area contributed by atoms with Crippen molar-refractivity contribution in [2.24, 2.45) is 5.73 Å². The van der Waals surface area contributed by atoms with Crippen LogP contribution in [-0.2, 0) is 4.74 Å². The van der Waals surface area contributed by atoms with E-state index in [0.717, 1.165) is 15.3 Å². The number of rotatable bonds is 2. The zero-order valence-electron chi connectivity index (χ0n) is 12.6. The van der Waals surface area contributed by atoms with E-state index in [2.05, 4.69) is 6.07 Å². The summed E-state index contributed by atoms with van der Waals surface area (Å²) in [6.45, 7) is 1.82. The van der Waals surface area contributed by atoms with Crippen LogP contribution in [0.1, 0.15) is 31.6 Å². The molecule has 0 saturated carbocycles. The maximum Gasteiger partial charge on any atom is 0.342 e. The topological polar surface area (TPSA) is 85.3 Å². The maximum absolute atomic E-state index is 12.1. The quantitative estimate of drug-likeness (QED) is 0.857. The number of fused-ring (bicyclic) bond motifs is 1. The highest BCUT2D eigenvalue weighted by Crippen LogP contribution is 2.49. The standard InChI is InChI=1S/C17H14N2O3S/c1-9-12(17(20)21-2)14-15(23-9)13(10-6-4-3-5-7-10)11(8-18)16(19)22-14/h3-7,13H,19H2,1-2H3. The monoisotopic (exact) mass is 326 g/mol. The Morgan fingerprint density at radius 1 is 1.39 bits per heavy atom. The van der Waals surface area contributed by atoms with Crippen LogP contribution in [0.3, 0.4) is 0 Å². The highest BCUT2D eigenvalue weighted by molar-refractivity contribution is 7.12. The number of benzene rings is 1. The SMILES string of the molecule is COC(=O)c1c(C)sc2c1OC(N)=C(C#N)C2c1ccccc1. The fourth-order valence-electron chi connectivity index (χ4n) is 2.70. The molecule has 2 N–H and O–H groups in total. The molecule has 2 heterocycles. The van der Waals surface area contributed by atoms with Gasteiger partial charge in [0.2, 0.25) is 5.88 Å². The molecule has 0 amide bonds. The number of carbonyl (C=O) groups is 1. The Balaban J connectivity index is 2.25. The maximum atomic E-state index is 12.1. The average Bonchev–Trinajstić information content (AvgIpc) is 2.89. The molecule has 116 valence electrons. The molecule has 0 aliphatic carbocycles. The Kier molecular flexibility index (Phi) is 3.80. The Morgan fingerprint density at radius 2 is 2.09 bits per heavy atom. The van der Waals surface area contributed by atoms with Crippen LogP contribution in [0.4, 0.5) is 0 Å². The first-order valence-corrected chi connectivity index (χ1v) is 7.74.